The maximum absolute atomic E-state index is 12.8. The third-order valence-corrected chi connectivity index (χ3v) is 5.56. The van der Waals surface area contributed by atoms with Crippen LogP contribution in [0, 0.1) is 29.9 Å². The van der Waals surface area contributed by atoms with Gasteiger partial charge in [0.15, 0.2) is 0 Å². The van der Waals surface area contributed by atoms with Crippen molar-refractivity contribution in [1.82, 2.24) is 4.72 Å². The number of non-ortho nitro benzene ring substituents is 1. The summed E-state index contributed by atoms with van der Waals surface area (Å²) in [5, 5.41) is 10.9. The number of hydrogen-bond donors (Lipinski definition) is 2. The van der Waals surface area contributed by atoms with Gasteiger partial charge < -0.3 is 5.73 Å². The van der Waals surface area contributed by atoms with E-state index in [2.05, 4.69) is 4.72 Å². The number of halogens is 1. The molecule has 138 valence electrons. The number of nitro benzene ring substituents is 1. The van der Waals surface area contributed by atoms with Gasteiger partial charge in [-0.15, -0.1) is 12.4 Å². The van der Waals surface area contributed by atoms with Crippen LogP contribution >= 0.6 is 12.4 Å². The van der Waals surface area contributed by atoms with E-state index in [0.29, 0.717) is 17.5 Å². The molecule has 0 aliphatic carbocycles. The molecule has 0 radical (unpaired) electrons. The van der Waals surface area contributed by atoms with Gasteiger partial charge >= 0.3 is 0 Å². The van der Waals surface area contributed by atoms with Crippen molar-refractivity contribution < 1.29 is 13.3 Å². The number of nitrogens with one attached hydrogen (secondary N) is 1. The van der Waals surface area contributed by atoms with E-state index >= 15 is 0 Å². The van der Waals surface area contributed by atoms with E-state index in [1.807, 2.05) is 13.8 Å². The second kappa shape index (κ2) is 8.24. The van der Waals surface area contributed by atoms with E-state index in [1.54, 1.807) is 20.8 Å². The minimum atomic E-state index is -3.83. The molecule has 0 aromatic heterocycles. The molecule has 1 rings (SSSR count). The largest absolute Gasteiger partial charge is 0.329 e. The van der Waals surface area contributed by atoms with Gasteiger partial charge in [0.1, 0.15) is 0 Å². The van der Waals surface area contributed by atoms with Crippen LogP contribution in [0.2, 0.25) is 0 Å². The highest BCUT2D eigenvalue weighted by Crippen LogP contribution is 2.27. The van der Waals surface area contributed by atoms with Gasteiger partial charge in [-0.3, -0.25) is 10.1 Å². The van der Waals surface area contributed by atoms with Crippen LogP contribution in [0.4, 0.5) is 5.69 Å². The summed E-state index contributed by atoms with van der Waals surface area (Å²) in [6, 6.07) is 2.54. The van der Waals surface area contributed by atoms with E-state index in [1.165, 1.54) is 12.1 Å². The van der Waals surface area contributed by atoms with Gasteiger partial charge in [-0.05, 0) is 44.2 Å². The Bertz CT molecular complexity index is 684. The lowest BCUT2D eigenvalue weighted by atomic mass is 9.92. The summed E-state index contributed by atoms with van der Waals surface area (Å²) in [7, 11) is -3.83. The molecular formula is C15H26ClN3O4S. The van der Waals surface area contributed by atoms with Gasteiger partial charge in [0.2, 0.25) is 10.0 Å². The van der Waals surface area contributed by atoms with Gasteiger partial charge in [-0.2, -0.15) is 0 Å². The van der Waals surface area contributed by atoms with Crippen molar-refractivity contribution in [1.29, 1.82) is 0 Å². The minimum Gasteiger partial charge on any atom is -0.329 e. The standard InChI is InChI=1S/C15H25N3O4S.ClH/c1-10(2)8-15(5,9-16)17-23(21,22)14-11(3)6-13(18(19)20)7-12(14)4;/h6-7,10,17H,8-9,16H2,1-5H3;1H. The molecule has 7 nitrogen and oxygen atoms in total. The number of nitrogens with zero attached hydrogens (tertiary/aromatic N) is 1. The predicted octanol–water partition coefficient (Wildman–Crippen LogP) is 2.68. The van der Waals surface area contributed by atoms with Crippen LogP contribution in [0.25, 0.3) is 0 Å². The van der Waals surface area contributed by atoms with Gasteiger partial charge in [-0.25, -0.2) is 13.1 Å². The van der Waals surface area contributed by atoms with E-state index in [-0.39, 0.29) is 35.5 Å². The van der Waals surface area contributed by atoms with Gasteiger partial charge in [0, 0.05) is 24.2 Å². The summed E-state index contributed by atoms with van der Waals surface area (Å²) in [5.41, 5.74) is 5.55. The molecule has 9 heteroatoms. The van der Waals surface area contributed by atoms with Gasteiger partial charge in [-0.1, -0.05) is 13.8 Å². The molecule has 0 saturated carbocycles. The highest BCUT2D eigenvalue weighted by Gasteiger charge is 2.32. The Kier molecular flexibility index (Phi) is 7.82. The zero-order valence-electron chi connectivity index (χ0n) is 14.6. The summed E-state index contributed by atoms with van der Waals surface area (Å²) in [5.74, 6) is 0.269. The molecule has 0 aliphatic heterocycles. The third-order valence-electron chi connectivity index (χ3n) is 3.61. The fraction of sp³-hybridized carbons (Fsp3) is 0.600. The number of nitro groups is 1. The van der Waals surface area contributed by atoms with Gasteiger partial charge in [0.05, 0.1) is 9.82 Å². The molecule has 1 aromatic carbocycles. The number of aryl methyl sites for hydroxylation is 2. The normalized spacial score (nSPS) is 14.1. The van der Waals surface area contributed by atoms with Crippen LogP contribution in [-0.2, 0) is 10.0 Å². The molecule has 1 aromatic rings. The molecule has 0 aliphatic rings. The number of nitrogens with two attached hydrogens (primary N) is 1. The minimum absolute atomic E-state index is 0. The highest BCUT2D eigenvalue weighted by molar-refractivity contribution is 7.89. The Balaban J connectivity index is 0.00000529. The van der Waals surface area contributed by atoms with Crippen molar-refractivity contribution >= 4 is 28.1 Å². The number of rotatable bonds is 7. The molecule has 0 bridgehead atoms. The molecule has 0 fully saturated rings. The molecular weight excluding hydrogens is 354 g/mol. The molecule has 0 spiro atoms. The number of sulfonamides is 1. The van der Waals surface area contributed by atoms with E-state index < -0.39 is 20.5 Å². The van der Waals surface area contributed by atoms with Crippen molar-refractivity contribution in [2.75, 3.05) is 6.54 Å². The zero-order chi connectivity index (χ0) is 18.0. The first-order valence-electron chi connectivity index (χ1n) is 7.41. The first-order chi connectivity index (χ1) is 10.4. The maximum Gasteiger partial charge on any atom is 0.270 e. The average Bonchev–Trinajstić information content (AvgIpc) is 2.35. The highest BCUT2D eigenvalue weighted by atomic mass is 35.5. The van der Waals surface area contributed by atoms with Crippen LogP contribution in [0.1, 0.15) is 38.3 Å². The summed E-state index contributed by atoms with van der Waals surface area (Å²) >= 11 is 0. The second-order valence-electron chi connectivity index (χ2n) is 6.63. The lowest BCUT2D eigenvalue weighted by molar-refractivity contribution is -0.385. The van der Waals surface area contributed by atoms with Crippen LogP contribution in [0.15, 0.2) is 17.0 Å². The fourth-order valence-corrected chi connectivity index (χ4v) is 4.78. The first-order valence-corrected chi connectivity index (χ1v) is 8.90. The maximum atomic E-state index is 12.8. The molecule has 0 amide bonds. The summed E-state index contributed by atoms with van der Waals surface area (Å²) in [4.78, 5) is 10.4. The van der Waals surface area contributed by atoms with Crippen LogP contribution in [0.3, 0.4) is 0 Å². The summed E-state index contributed by atoms with van der Waals surface area (Å²) < 4.78 is 28.2. The van der Waals surface area contributed by atoms with E-state index in [9.17, 15) is 18.5 Å². The number of benzene rings is 1. The molecule has 0 saturated heterocycles. The Morgan fingerprint density at radius 1 is 1.29 bits per heavy atom. The lowest BCUT2D eigenvalue weighted by Crippen LogP contribution is -2.52. The number of hydrogen-bond acceptors (Lipinski definition) is 5. The lowest BCUT2D eigenvalue weighted by Gasteiger charge is -2.31. The van der Waals surface area contributed by atoms with Crippen molar-refractivity contribution in [3.8, 4) is 0 Å². The van der Waals surface area contributed by atoms with E-state index in [4.69, 9.17) is 5.73 Å². The SMILES string of the molecule is Cc1cc([N+](=O)[O-])cc(C)c1S(=O)(=O)NC(C)(CN)CC(C)C.Cl. The van der Waals surface area contributed by atoms with Crippen molar-refractivity contribution in [2.24, 2.45) is 11.7 Å². The summed E-state index contributed by atoms with van der Waals surface area (Å²) in [6.45, 7) is 9.01. The Morgan fingerprint density at radius 2 is 1.75 bits per heavy atom. The third kappa shape index (κ3) is 5.41. The van der Waals surface area contributed by atoms with Crippen LogP contribution in [-0.4, -0.2) is 25.4 Å². The van der Waals surface area contributed by atoms with Crippen molar-refractivity contribution in [2.45, 2.75) is 51.5 Å². The predicted molar refractivity (Wildman–Crippen MR) is 97.1 cm³/mol. The quantitative estimate of drug-likeness (QED) is 0.558. The van der Waals surface area contributed by atoms with Crippen LogP contribution in [0.5, 0.6) is 0 Å². The topological polar surface area (TPSA) is 115 Å². The fourth-order valence-electron chi connectivity index (χ4n) is 2.90. The Hall–Kier alpha value is -1.22. The summed E-state index contributed by atoms with van der Waals surface area (Å²) in [6.07, 6.45) is 0.591. The monoisotopic (exact) mass is 379 g/mol. The van der Waals surface area contributed by atoms with E-state index in [0.717, 1.165) is 0 Å². The smallest absolute Gasteiger partial charge is 0.270 e. The average molecular weight is 380 g/mol. The second-order valence-corrected chi connectivity index (χ2v) is 8.25. The molecule has 1 unspecified atom stereocenters. The zero-order valence-corrected chi connectivity index (χ0v) is 16.3. The first kappa shape index (κ1) is 22.8. The van der Waals surface area contributed by atoms with Crippen molar-refractivity contribution in [3.05, 3.63) is 33.4 Å². The van der Waals surface area contributed by atoms with Crippen LogP contribution < -0.4 is 10.5 Å². The van der Waals surface area contributed by atoms with Gasteiger partial charge in [0.25, 0.3) is 5.69 Å². The van der Waals surface area contributed by atoms with Crippen molar-refractivity contribution in [3.63, 3.8) is 0 Å². The Labute approximate surface area is 149 Å². The molecule has 24 heavy (non-hydrogen) atoms. The molecule has 3 N–H and O–H groups in total. The molecule has 1 atom stereocenters. The molecule has 0 heterocycles. The Morgan fingerprint density at radius 3 is 2.08 bits per heavy atom.